The number of carbonyl (C=O) groups excluding carboxylic acids is 2. The Hall–Kier alpha value is -1.80. The van der Waals surface area contributed by atoms with Crippen molar-refractivity contribution in [2.24, 2.45) is 50.2 Å². The van der Waals surface area contributed by atoms with E-state index in [0.29, 0.717) is 19.0 Å². The van der Waals surface area contributed by atoms with Crippen LogP contribution in [0.2, 0.25) is 0 Å². The minimum absolute atomic E-state index is 0.0373. The third-order valence-electron chi connectivity index (χ3n) is 13.5. The summed E-state index contributed by atoms with van der Waals surface area (Å²) in [6.07, 6.45) is 10.6. The van der Waals surface area contributed by atoms with Gasteiger partial charge < -0.3 is 4.79 Å². The number of Topliss-reactive ketones (excluding diaryl/α,β-unsaturated/α-hetero) is 1. The van der Waals surface area contributed by atoms with Crippen molar-refractivity contribution in [2.75, 3.05) is 19.6 Å². The molecule has 212 valence electrons. The van der Waals surface area contributed by atoms with Gasteiger partial charge in [0.05, 0.1) is 6.57 Å². The van der Waals surface area contributed by atoms with E-state index in [0.717, 1.165) is 45.1 Å². The number of carbonyl (C=O) groups is 2. The maximum atomic E-state index is 14.6. The largest absolute Gasteiger partial charge is 0.307 e. The van der Waals surface area contributed by atoms with E-state index < -0.39 is 17.0 Å². The molecule has 5 aliphatic carbocycles. The van der Waals surface area contributed by atoms with Crippen LogP contribution < -0.4 is 0 Å². The Morgan fingerprint density at radius 1 is 1.00 bits per heavy atom. The van der Waals surface area contributed by atoms with Crippen molar-refractivity contribution < 1.29 is 14.0 Å². The van der Waals surface area contributed by atoms with Gasteiger partial charge in [-0.2, -0.15) is 0 Å². The Kier molecular flexibility index (Phi) is 5.72. The van der Waals surface area contributed by atoms with Crippen LogP contribution in [0.1, 0.15) is 93.4 Å². The topological polar surface area (TPSA) is 41.7 Å². The predicted molar refractivity (Wildman–Crippen MR) is 151 cm³/mol. The van der Waals surface area contributed by atoms with Crippen molar-refractivity contribution in [1.82, 2.24) is 4.90 Å². The fourth-order valence-corrected chi connectivity index (χ4v) is 11.1. The summed E-state index contributed by atoms with van der Waals surface area (Å²) in [4.78, 5) is 33.8. The van der Waals surface area contributed by atoms with Gasteiger partial charge in [0, 0.05) is 36.4 Å². The minimum Gasteiger partial charge on any atom is -0.307 e. The van der Waals surface area contributed by atoms with E-state index in [1.807, 2.05) is 26.0 Å². The van der Waals surface area contributed by atoms with E-state index in [1.54, 1.807) is 0 Å². The molecule has 0 bridgehead atoms. The summed E-state index contributed by atoms with van der Waals surface area (Å²) < 4.78 is 13.9. The molecule has 0 aromatic rings. The molecule has 7 atom stereocenters. The van der Waals surface area contributed by atoms with Crippen LogP contribution in [0, 0.1) is 56.8 Å². The number of halogens is 1. The molecule has 0 unspecified atom stereocenters. The third kappa shape index (κ3) is 3.49. The molecule has 1 aliphatic heterocycles. The first-order valence-electron chi connectivity index (χ1n) is 15.3. The molecule has 0 N–H and O–H groups in total. The Labute approximate surface area is 234 Å². The lowest BCUT2D eigenvalue weighted by Crippen LogP contribution is -2.66. The molecule has 4 nitrogen and oxygen atoms in total. The monoisotopic (exact) mass is 534 g/mol. The molecule has 6 aliphatic rings. The standard InChI is InChI=1S/C34H47FN2O2/c1-29(2)11-13-34(20-37-18-21(35)19-37)14-12-33(7)27(22(34)16-29)24(38)15-26-31(5)17-23(36-8)28(39)30(3,4)25(31)9-10-32(26,33)6/h15,17,21-22,25,27H,9-14,16,18-20H2,1-7H3/t22-,25-,27-,31-,32+,33+,34+/m0/s1. The van der Waals surface area contributed by atoms with Crippen LogP contribution >= 0.6 is 0 Å². The van der Waals surface area contributed by atoms with E-state index in [1.165, 1.54) is 12.0 Å². The van der Waals surface area contributed by atoms with E-state index >= 15 is 0 Å². The number of alkyl halides is 1. The van der Waals surface area contributed by atoms with Gasteiger partial charge >= 0.3 is 0 Å². The zero-order valence-electron chi connectivity index (χ0n) is 25.1. The smallest absolute Gasteiger partial charge is 0.226 e. The summed E-state index contributed by atoms with van der Waals surface area (Å²) in [7, 11) is 0. The van der Waals surface area contributed by atoms with Gasteiger partial charge in [0.25, 0.3) is 0 Å². The average molecular weight is 535 g/mol. The van der Waals surface area contributed by atoms with E-state index in [-0.39, 0.29) is 50.8 Å². The molecule has 4 fully saturated rings. The fourth-order valence-electron chi connectivity index (χ4n) is 11.1. The predicted octanol–water partition coefficient (Wildman–Crippen LogP) is 7.21. The Balaban J connectivity index is 1.47. The average Bonchev–Trinajstić information content (AvgIpc) is 2.82. The van der Waals surface area contributed by atoms with Gasteiger partial charge in [0.1, 0.15) is 6.17 Å². The molecule has 0 aromatic heterocycles. The first-order valence-corrected chi connectivity index (χ1v) is 15.3. The molecule has 0 radical (unpaired) electrons. The second-order valence-electron chi connectivity index (χ2n) is 16.4. The first-order chi connectivity index (χ1) is 18.0. The number of rotatable bonds is 2. The summed E-state index contributed by atoms with van der Waals surface area (Å²) in [6.45, 7) is 25.5. The third-order valence-corrected chi connectivity index (χ3v) is 13.5. The number of allylic oxidation sites excluding steroid dienone is 4. The highest BCUT2D eigenvalue weighted by Gasteiger charge is 2.69. The van der Waals surface area contributed by atoms with E-state index in [4.69, 9.17) is 6.57 Å². The van der Waals surface area contributed by atoms with Crippen LogP contribution in [0.15, 0.2) is 23.4 Å². The lowest BCUT2D eigenvalue weighted by Gasteiger charge is -2.70. The number of hydrogen-bond acceptors (Lipinski definition) is 3. The maximum Gasteiger partial charge on any atom is 0.226 e. The summed E-state index contributed by atoms with van der Waals surface area (Å²) in [5.74, 6) is 0.545. The molecule has 6 rings (SSSR count). The Bertz CT molecular complexity index is 1230. The SMILES string of the molecule is [C-]#[N+]C1=C[C@]2(C)C3=CC(=O)[C@@H]4[C@@H]5CC(C)(C)CC[C@]5(CN5CC(F)C5)CC[C@@]4(C)[C@]3(C)CC[C@H]2C(C)(C)C1=O. The molecule has 39 heavy (non-hydrogen) atoms. The number of hydrogen-bond donors (Lipinski definition) is 0. The van der Waals surface area contributed by atoms with Crippen LogP contribution in [-0.2, 0) is 9.59 Å². The van der Waals surface area contributed by atoms with Gasteiger partial charge in [-0.25, -0.2) is 9.24 Å². The lowest BCUT2D eigenvalue weighted by molar-refractivity contribution is -0.177. The summed E-state index contributed by atoms with van der Waals surface area (Å²) >= 11 is 0. The number of ketones is 2. The Morgan fingerprint density at radius 3 is 2.31 bits per heavy atom. The molecule has 0 spiro atoms. The first kappa shape index (κ1) is 27.4. The molecule has 5 heteroatoms. The van der Waals surface area contributed by atoms with Crippen molar-refractivity contribution in [3.63, 3.8) is 0 Å². The minimum atomic E-state index is -0.703. The van der Waals surface area contributed by atoms with Crippen LogP contribution in [-0.4, -0.2) is 42.3 Å². The summed E-state index contributed by atoms with van der Waals surface area (Å²) in [5, 5.41) is 0. The highest BCUT2D eigenvalue weighted by atomic mass is 19.1. The molecule has 3 saturated carbocycles. The highest BCUT2D eigenvalue weighted by Crippen LogP contribution is 2.74. The van der Waals surface area contributed by atoms with Crippen molar-refractivity contribution in [3.05, 3.63) is 34.8 Å². The summed E-state index contributed by atoms with van der Waals surface area (Å²) in [5.41, 5.74) is 0.206. The van der Waals surface area contributed by atoms with Crippen LogP contribution in [0.3, 0.4) is 0 Å². The maximum absolute atomic E-state index is 14.6. The molecular formula is C34H47FN2O2. The molecule has 0 aromatic carbocycles. The molecule has 1 heterocycles. The fraction of sp³-hybridized carbons (Fsp3) is 0.794. The zero-order chi connectivity index (χ0) is 28.4. The number of likely N-dealkylation sites (tertiary alicyclic amines) is 1. The number of fused-ring (bicyclic) bond motifs is 7. The lowest BCUT2D eigenvalue weighted by atomic mass is 9.34. The molecular weight excluding hydrogens is 487 g/mol. The normalized spacial score (nSPS) is 46.9. The second kappa shape index (κ2) is 8.15. The van der Waals surface area contributed by atoms with Crippen molar-refractivity contribution in [1.29, 1.82) is 0 Å². The second-order valence-corrected chi connectivity index (χ2v) is 16.4. The van der Waals surface area contributed by atoms with E-state index in [2.05, 4.69) is 44.4 Å². The highest BCUT2D eigenvalue weighted by molar-refractivity contribution is 6.03. The van der Waals surface area contributed by atoms with Crippen LogP contribution in [0.5, 0.6) is 0 Å². The van der Waals surface area contributed by atoms with Crippen LogP contribution in [0.4, 0.5) is 4.39 Å². The van der Waals surface area contributed by atoms with Gasteiger partial charge in [-0.15, -0.1) is 0 Å². The van der Waals surface area contributed by atoms with Gasteiger partial charge in [-0.3, -0.25) is 9.69 Å². The van der Waals surface area contributed by atoms with Gasteiger partial charge in [0.2, 0.25) is 5.70 Å². The van der Waals surface area contributed by atoms with E-state index in [9.17, 15) is 14.0 Å². The molecule has 0 amide bonds. The molecule has 1 saturated heterocycles. The zero-order valence-corrected chi connectivity index (χ0v) is 25.1. The summed E-state index contributed by atoms with van der Waals surface area (Å²) in [6, 6.07) is 0. The van der Waals surface area contributed by atoms with Gasteiger partial charge in [-0.05, 0) is 84.5 Å². The Morgan fingerprint density at radius 2 is 1.67 bits per heavy atom. The van der Waals surface area contributed by atoms with Crippen molar-refractivity contribution >= 4 is 11.6 Å². The van der Waals surface area contributed by atoms with Crippen LogP contribution in [0.25, 0.3) is 4.85 Å². The van der Waals surface area contributed by atoms with Gasteiger partial charge in [-0.1, -0.05) is 60.1 Å². The van der Waals surface area contributed by atoms with Crippen molar-refractivity contribution in [3.8, 4) is 0 Å². The van der Waals surface area contributed by atoms with Crippen molar-refractivity contribution in [2.45, 2.75) is 99.6 Å². The quantitative estimate of drug-likeness (QED) is 0.352. The number of nitrogens with zero attached hydrogens (tertiary/aromatic N) is 2. The van der Waals surface area contributed by atoms with Gasteiger partial charge in [0.15, 0.2) is 11.6 Å².